The highest BCUT2D eigenvalue weighted by Gasteiger charge is 2.38. The molecule has 4 N–H and O–H groups in total. The zero-order valence-corrected chi connectivity index (χ0v) is 16.8. The smallest absolute Gasteiger partial charge is 0.315 e. The van der Waals surface area contributed by atoms with Gasteiger partial charge >= 0.3 is 12.0 Å². The lowest BCUT2D eigenvalue weighted by Crippen LogP contribution is -2.43. The Hall–Kier alpha value is -2.13. The second-order valence-corrected chi connectivity index (χ2v) is 9.74. The van der Waals surface area contributed by atoms with Crippen LogP contribution < -0.4 is 15.8 Å². The number of hydrogen-bond donors (Lipinski definition) is 3. The van der Waals surface area contributed by atoms with Crippen LogP contribution in [0.2, 0.25) is 0 Å². The fourth-order valence-electron chi connectivity index (χ4n) is 2.93. The number of rotatable bonds is 5. The molecule has 0 saturated heterocycles. The Morgan fingerprint density at radius 1 is 1.26 bits per heavy atom. The van der Waals surface area contributed by atoms with Crippen LogP contribution in [0.3, 0.4) is 0 Å². The number of esters is 1. The molecule has 0 heterocycles. The third kappa shape index (κ3) is 5.67. The topological polar surface area (TPSA) is 128 Å². The molecule has 150 valence electrons. The first-order valence-corrected chi connectivity index (χ1v) is 10.4. The fourth-order valence-corrected chi connectivity index (χ4v) is 3.25. The maximum atomic E-state index is 12.5. The number of hydrogen-bond acceptors (Lipinski definition) is 5. The SMILES string of the molecule is CC(CNC(=O)NC1CC(C(=O)OC(C)(C)C)c2ccccc21)S(N)(=O)=O. The van der Waals surface area contributed by atoms with Crippen LogP contribution in [0.4, 0.5) is 4.79 Å². The first-order chi connectivity index (χ1) is 12.4. The van der Waals surface area contributed by atoms with Crippen molar-refractivity contribution < 1.29 is 22.7 Å². The molecule has 0 fully saturated rings. The average Bonchev–Trinajstić information content (AvgIpc) is 2.89. The molecule has 8 nitrogen and oxygen atoms in total. The van der Waals surface area contributed by atoms with Crippen LogP contribution in [0.5, 0.6) is 0 Å². The summed E-state index contributed by atoms with van der Waals surface area (Å²) in [4.78, 5) is 24.7. The lowest BCUT2D eigenvalue weighted by Gasteiger charge is -2.22. The standard InChI is InChI=1S/C18H27N3O5S/c1-11(27(19,24)25)10-20-17(23)21-15-9-14(16(22)26-18(2,3)4)12-7-5-6-8-13(12)15/h5-8,11,14-15H,9-10H2,1-4H3,(H2,19,24,25)(H2,20,21,23). The van der Waals surface area contributed by atoms with Crippen molar-refractivity contribution in [3.63, 3.8) is 0 Å². The van der Waals surface area contributed by atoms with E-state index in [1.165, 1.54) is 6.92 Å². The Labute approximate surface area is 159 Å². The van der Waals surface area contributed by atoms with Crippen molar-refractivity contribution in [2.24, 2.45) is 5.14 Å². The molecule has 0 aromatic heterocycles. The summed E-state index contributed by atoms with van der Waals surface area (Å²) in [7, 11) is -3.72. The number of sulfonamides is 1. The quantitative estimate of drug-likeness (QED) is 0.649. The predicted molar refractivity (Wildman–Crippen MR) is 101 cm³/mol. The molecule has 3 atom stereocenters. The van der Waals surface area contributed by atoms with Gasteiger partial charge in [0.25, 0.3) is 0 Å². The van der Waals surface area contributed by atoms with Gasteiger partial charge in [0.05, 0.1) is 17.2 Å². The second-order valence-electron chi connectivity index (χ2n) is 7.76. The van der Waals surface area contributed by atoms with Crippen LogP contribution >= 0.6 is 0 Å². The number of amides is 2. The van der Waals surface area contributed by atoms with Crippen LogP contribution in [0, 0.1) is 0 Å². The molecule has 1 aromatic carbocycles. The van der Waals surface area contributed by atoms with E-state index in [0.717, 1.165) is 11.1 Å². The number of ether oxygens (including phenoxy) is 1. The summed E-state index contributed by atoms with van der Waals surface area (Å²) in [5, 5.41) is 9.45. The normalized spacial score (nSPS) is 20.5. The fraction of sp³-hybridized carbons (Fsp3) is 0.556. The lowest BCUT2D eigenvalue weighted by atomic mass is 10.0. The Bertz CT molecular complexity index is 817. The van der Waals surface area contributed by atoms with Crippen LogP contribution in [-0.2, 0) is 19.6 Å². The van der Waals surface area contributed by atoms with Crippen molar-refractivity contribution >= 4 is 22.0 Å². The van der Waals surface area contributed by atoms with Crippen molar-refractivity contribution in [1.29, 1.82) is 0 Å². The molecule has 1 aliphatic rings. The summed E-state index contributed by atoms with van der Waals surface area (Å²) < 4.78 is 28.0. The molecular weight excluding hydrogens is 370 g/mol. The Morgan fingerprint density at radius 2 is 1.85 bits per heavy atom. The van der Waals surface area contributed by atoms with Gasteiger partial charge in [-0.05, 0) is 45.2 Å². The van der Waals surface area contributed by atoms with Crippen molar-refractivity contribution in [3.05, 3.63) is 35.4 Å². The molecule has 0 bridgehead atoms. The zero-order chi connectivity index (χ0) is 20.4. The molecule has 2 rings (SSSR count). The minimum absolute atomic E-state index is 0.103. The predicted octanol–water partition coefficient (Wildman–Crippen LogP) is 1.53. The number of benzene rings is 1. The molecule has 0 radical (unpaired) electrons. The van der Waals surface area contributed by atoms with Crippen LogP contribution in [0.15, 0.2) is 24.3 Å². The highest BCUT2D eigenvalue weighted by molar-refractivity contribution is 7.89. The Kier molecular flexibility index (Phi) is 6.16. The summed E-state index contributed by atoms with van der Waals surface area (Å²) in [6.07, 6.45) is 0.381. The number of nitrogens with one attached hydrogen (secondary N) is 2. The largest absolute Gasteiger partial charge is 0.459 e. The number of urea groups is 1. The Morgan fingerprint density at radius 3 is 2.41 bits per heavy atom. The molecule has 27 heavy (non-hydrogen) atoms. The van der Waals surface area contributed by atoms with E-state index < -0.39 is 32.8 Å². The highest BCUT2D eigenvalue weighted by Crippen LogP contribution is 2.41. The first-order valence-electron chi connectivity index (χ1n) is 8.76. The average molecular weight is 397 g/mol. The number of carbonyl (C=O) groups excluding carboxylic acids is 2. The number of primary sulfonamides is 1. The van der Waals surface area contributed by atoms with Gasteiger partial charge in [-0.3, -0.25) is 4.79 Å². The third-order valence-corrected chi connectivity index (χ3v) is 5.61. The summed E-state index contributed by atoms with van der Waals surface area (Å²) >= 11 is 0. The van der Waals surface area contributed by atoms with Crippen LogP contribution in [0.25, 0.3) is 0 Å². The number of nitrogens with two attached hydrogens (primary N) is 1. The summed E-state index contributed by atoms with van der Waals surface area (Å²) in [6, 6.07) is 6.50. The summed E-state index contributed by atoms with van der Waals surface area (Å²) in [6.45, 7) is 6.73. The van der Waals surface area contributed by atoms with Gasteiger partial charge in [-0.1, -0.05) is 24.3 Å². The van der Waals surface area contributed by atoms with E-state index in [2.05, 4.69) is 10.6 Å². The van der Waals surface area contributed by atoms with E-state index in [1.54, 1.807) is 0 Å². The van der Waals surface area contributed by atoms with Crippen molar-refractivity contribution in [1.82, 2.24) is 10.6 Å². The van der Waals surface area contributed by atoms with Gasteiger partial charge in [0.2, 0.25) is 10.0 Å². The molecular formula is C18H27N3O5S. The lowest BCUT2D eigenvalue weighted by molar-refractivity contribution is -0.156. The van der Waals surface area contributed by atoms with E-state index in [0.29, 0.717) is 6.42 Å². The van der Waals surface area contributed by atoms with E-state index >= 15 is 0 Å². The van der Waals surface area contributed by atoms with E-state index in [1.807, 2.05) is 45.0 Å². The highest BCUT2D eigenvalue weighted by atomic mass is 32.2. The van der Waals surface area contributed by atoms with Gasteiger partial charge in [0.15, 0.2) is 0 Å². The number of fused-ring (bicyclic) bond motifs is 1. The summed E-state index contributed by atoms with van der Waals surface area (Å²) in [5.74, 6) is -0.795. The zero-order valence-electron chi connectivity index (χ0n) is 16.0. The van der Waals surface area contributed by atoms with Gasteiger partial charge in [-0.2, -0.15) is 0 Å². The van der Waals surface area contributed by atoms with Crippen LogP contribution in [-0.4, -0.2) is 37.8 Å². The molecule has 3 unspecified atom stereocenters. The second kappa shape index (κ2) is 7.85. The molecule has 9 heteroatoms. The molecule has 0 saturated carbocycles. The Balaban J connectivity index is 2.06. The molecule has 2 amide bonds. The minimum atomic E-state index is -3.72. The van der Waals surface area contributed by atoms with E-state index in [4.69, 9.17) is 9.88 Å². The van der Waals surface area contributed by atoms with E-state index in [9.17, 15) is 18.0 Å². The third-order valence-electron chi connectivity index (χ3n) is 4.33. The molecule has 0 aliphatic heterocycles. The minimum Gasteiger partial charge on any atom is -0.459 e. The molecule has 1 aliphatic carbocycles. The van der Waals surface area contributed by atoms with Gasteiger partial charge in [-0.15, -0.1) is 0 Å². The summed E-state index contributed by atoms with van der Waals surface area (Å²) in [5.41, 5.74) is 1.08. The van der Waals surface area contributed by atoms with Crippen molar-refractivity contribution in [2.75, 3.05) is 6.54 Å². The monoisotopic (exact) mass is 397 g/mol. The van der Waals surface area contributed by atoms with Crippen LogP contribution in [0.1, 0.15) is 57.2 Å². The van der Waals surface area contributed by atoms with E-state index in [-0.39, 0.29) is 18.6 Å². The number of carbonyl (C=O) groups is 2. The first kappa shape index (κ1) is 21.2. The molecule has 0 spiro atoms. The van der Waals surface area contributed by atoms with Gasteiger partial charge < -0.3 is 15.4 Å². The maximum Gasteiger partial charge on any atom is 0.315 e. The maximum absolute atomic E-state index is 12.5. The van der Waals surface area contributed by atoms with Crippen molar-refractivity contribution in [2.45, 2.75) is 56.9 Å². The van der Waals surface area contributed by atoms with Gasteiger partial charge in [0, 0.05) is 6.54 Å². The van der Waals surface area contributed by atoms with Crippen molar-refractivity contribution in [3.8, 4) is 0 Å². The van der Waals surface area contributed by atoms with Gasteiger partial charge in [0.1, 0.15) is 5.60 Å². The molecule has 1 aromatic rings. The van der Waals surface area contributed by atoms with Gasteiger partial charge in [-0.25, -0.2) is 18.4 Å².